The van der Waals surface area contributed by atoms with Crippen LogP contribution in [0.4, 0.5) is 5.69 Å². The Kier molecular flexibility index (Phi) is 11.7. The number of nitrogens with one attached hydrogen (secondary N) is 2. The lowest BCUT2D eigenvalue weighted by Gasteiger charge is -2.36. The topological polar surface area (TPSA) is 140 Å². The van der Waals surface area contributed by atoms with Crippen molar-refractivity contribution in [1.82, 2.24) is 25.5 Å². The Hall–Kier alpha value is -4.10. The number of aliphatic hydroxyl groups excluding tert-OH is 1. The molecular formula is C33H38N6O5S. The summed E-state index contributed by atoms with van der Waals surface area (Å²) in [6, 6.07) is 25.0. The summed E-state index contributed by atoms with van der Waals surface area (Å²) < 4.78 is 14.6. The molecule has 0 unspecified atom stereocenters. The molecule has 45 heavy (non-hydrogen) atoms. The number of anilines is 1. The van der Waals surface area contributed by atoms with Crippen LogP contribution in [-0.2, 0) is 25.7 Å². The summed E-state index contributed by atoms with van der Waals surface area (Å²) >= 11 is 1.52. The number of nitrogens with zero attached hydrogens (tertiary/aromatic N) is 4. The maximum Gasteiger partial charge on any atom is 0.224 e. The number of aliphatic hydroxyl groups is 1. The van der Waals surface area contributed by atoms with E-state index in [-0.39, 0.29) is 30.6 Å². The van der Waals surface area contributed by atoms with Gasteiger partial charge in [0.25, 0.3) is 0 Å². The molecule has 1 aliphatic rings. The van der Waals surface area contributed by atoms with Gasteiger partial charge in [0.05, 0.1) is 24.5 Å². The molecule has 3 N–H and O–H groups in total. The van der Waals surface area contributed by atoms with Gasteiger partial charge in [0.15, 0.2) is 6.29 Å². The Bertz CT molecular complexity index is 1520. The quantitative estimate of drug-likeness (QED) is 0.128. The predicted octanol–water partition coefficient (Wildman–Crippen LogP) is 5.13. The molecule has 3 atom stereocenters. The van der Waals surface area contributed by atoms with Crippen LogP contribution < -0.4 is 10.6 Å². The van der Waals surface area contributed by atoms with E-state index in [0.29, 0.717) is 36.0 Å². The fourth-order valence-electron chi connectivity index (χ4n) is 4.99. The van der Waals surface area contributed by atoms with Gasteiger partial charge in [0.1, 0.15) is 0 Å². The van der Waals surface area contributed by atoms with Crippen LogP contribution >= 0.6 is 11.8 Å². The van der Waals surface area contributed by atoms with Gasteiger partial charge in [-0.1, -0.05) is 72.8 Å². The molecule has 0 aliphatic carbocycles. The number of rotatable bonds is 14. The lowest BCUT2D eigenvalue weighted by atomic mass is 10.0. The van der Waals surface area contributed by atoms with Crippen molar-refractivity contribution in [3.05, 3.63) is 95.6 Å². The highest BCUT2D eigenvalue weighted by atomic mass is 32.2. The van der Waals surface area contributed by atoms with E-state index >= 15 is 0 Å². The Morgan fingerprint density at radius 3 is 2.44 bits per heavy atom. The summed E-state index contributed by atoms with van der Waals surface area (Å²) in [5.74, 6) is 0.523. The number of hydrogen-bond donors (Lipinski definition) is 3. The number of carbonyl (C=O) groups is 2. The first-order chi connectivity index (χ1) is 22.0. The summed E-state index contributed by atoms with van der Waals surface area (Å²) in [7, 11) is 0. The van der Waals surface area contributed by atoms with Gasteiger partial charge in [-0.25, -0.2) is 0 Å². The number of tetrazole rings is 1. The second-order valence-corrected chi connectivity index (χ2v) is 11.8. The Morgan fingerprint density at radius 1 is 0.956 bits per heavy atom. The van der Waals surface area contributed by atoms with E-state index in [4.69, 9.17) is 9.47 Å². The Labute approximate surface area is 266 Å². The predicted molar refractivity (Wildman–Crippen MR) is 171 cm³/mol. The number of carbonyl (C=O) groups excluding carboxylic acids is 2. The van der Waals surface area contributed by atoms with Crippen molar-refractivity contribution in [3.63, 3.8) is 0 Å². The van der Waals surface area contributed by atoms with E-state index in [9.17, 15) is 14.7 Å². The molecule has 1 aliphatic heterocycles. The highest BCUT2D eigenvalue weighted by molar-refractivity contribution is 7.99. The molecule has 0 bridgehead atoms. The van der Waals surface area contributed by atoms with Crippen LogP contribution in [0.25, 0.3) is 5.69 Å². The summed E-state index contributed by atoms with van der Waals surface area (Å²) in [5, 5.41) is 28.2. The van der Waals surface area contributed by atoms with Crippen LogP contribution in [0.3, 0.4) is 0 Å². The molecular weight excluding hydrogens is 592 g/mol. The van der Waals surface area contributed by atoms with Crippen LogP contribution in [0.15, 0.2) is 84.0 Å². The third-order valence-corrected chi connectivity index (χ3v) is 8.43. The van der Waals surface area contributed by atoms with Crippen LogP contribution in [0.2, 0.25) is 0 Å². The number of benzene rings is 3. The Morgan fingerprint density at radius 2 is 1.71 bits per heavy atom. The molecule has 1 aromatic heterocycles. The molecule has 12 heteroatoms. The van der Waals surface area contributed by atoms with Gasteiger partial charge in [-0.2, -0.15) is 4.68 Å². The number of thioether (sulfide) groups is 1. The van der Waals surface area contributed by atoms with Gasteiger partial charge in [-0.05, 0) is 58.7 Å². The second-order valence-electron chi connectivity index (χ2n) is 10.8. The summed E-state index contributed by atoms with van der Waals surface area (Å²) in [5.41, 5.74) is 4.27. The average molecular weight is 631 g/mol. The van der Waals surface area contributed by atoms with Crippen LogP contribution in [0.5, 0.6) is 0 Å². The van der Waals surface area contributed by atoms with E-state index in [0.717, 1.165) is 41.6 Å². The molecule has 1 saturated heterocycles. The summed E-state index contributed by atoms with van der Waals surface area (Å²) in [6.07, 6.45) is 2.51. The molecule has 0 spiro atoms. The van der Waals surface area contributed by atoms with Gasteiger partial charge in [0, 0.05) is 43.3 Å². The smallest absolute Gasteiger partial charge is 0.224 e. The molecule has 0 radical (unpaired) electrons. The van der Waals surface area contributed by atoms with E-state index in [1.54, 1.807) is 4.68 Å². The molecule has 5 rings (SSSR count). The number of ether oxygens (including phenoxy) is 2. The lowest BCUT2D eigenvalue weighted by molar-refractivity contribution is -0.245. The number of aromatic nitrogens is 4. The van der Waals surface area contributed by atoms with Crippen molar-refractivity contribution in [1.29, 1.82) is 0 Å². The fourth-order valence-corrected chi connectivity index (χ4v) is 5.90. The first-order valence-corrected chi connectivity index (χ1v) is 16.1. The van der Waals surface area contributed by atoms with Crippen LogP contribution in [0, 0.1) is 0 Å². The monoisotopic (exact) mass is 630 g/mol. The molecule has 2 amide bonds. The minimum atomic E-state index is -0.620. The highest BCUT2D eigenvalue weighted by Gasteiger charge is 2.32. The lowest BCUT2D eigenvalue weighted by Crippen LogP contribution is -2.31. The first-order valence-electron chi connectivity index (χ1n) is 15.1. The van der Waals surface area contributed by atoms with E-state index in [1.807, 2.05) is 78.9 Å². The Balaban J connectivity index is 1.22. The molecule has 1 fully saturated rings. The van der Waals surface area contributed by atoms with Crippen molar-refractivity contribution >= 4 is 29.3 Å². The zero-order valence-corrected chi connectivity index (χ0v) is 26.0. The SMILES string of the molecule is CC(=O)NCCCCCC(=O)Nc1ccc([C@@H]2O[C@H](CSc3nnnn3-c3ccccc3)C[C@H](c3ccc(CO)cc3)O2)cc1. The van der Waals surface area contributed by atoms with E-state index < -0.39 is 6.29 Å². The fraction of sp³-hybridized carbons (Fsp3) is 0.364. The standard InChI is InChI=1S/C33H38N6O5S/c1-23(41)34-19-7-3-6-10-31(42)35-27-17-15-26(16-18-27)32-43-29(20-30(44-32)25-13-11-24(21-40)12-14-25)22-45-33-36-37-38-39(33)28-8-4-2-5-9-28/h2,4-5,8-9,11-18,29-30,32,40H,3,6-7,10,19-22H2,1H3,(H,34,41)(H,35,42)/t29-,30+,32+/m0/s1. The maximum atomic E-state index is 12.4. The van der Waals surface area contributed by atoms with Crippen molar-refractivity contribution in [3.8, 4) is 5.69 Å². The number of unbranched alkanes of at least 4 members (excludes halogenated alkanes) is 2. The summed E-state index contributed by atoms with van der Waals surface area (Å²) in [6.45, 7) is 2.11. The zero-order valence-electron chi connectivity index (χ0n) is 25.2. The van der Waals surface area contributed by atoms with Gasteiger partial charge in [-0.15, -0.1) is 5.10 Å². The van der Waals surface area contributed by atoms with Crippen LogP contribution in [-0.4, -0.2) is 55.5 Å². The third kappa shape index (κ3) is 9.44. The molecule has 0 saturated carbocycles. The van der Waals surface area contributed by atoms with Gasteiger partial charge >= 0.3 is 0 Å². The maximum absolute atomic E-state index is 12.4. The molecule has 2 heterocycles. The molecule has 4 aromatic rings. The van der Waals surface area contributed by atoms with E-state index in [2.05, 4.69) is 26.2 Å². The van der Waals surface area contributed by atoms with Crippen molar-refractivity contribution in [2.75, 3.05) is 17.6 Å². The average Bonchev–Trinajstić information content (AvgIpc) is 3.55. The summed E-state index contributed by atoms with van der Waals surface area (Å²) in [4.78, 5) is 23.4. The van der Waals surface area contributed by atoms with E-state index in [1.165, 1.54) is 18.7 Å². The largest absolute Gasteiger partial charge is 0.392 e. The zero-order chi connectivity index (χ0) is 31.4. The minimum absolute atomic E-state index is 0.0194. The van der Waals surface area contributed by atoms with Gasteiger partial charge < -0.3 is 25.2 Å². The molecule has 236 valence electrons. The highest BCUT2D eigenvalue weighted by Crippen LogP contribution is 2.39. The number of hydrogen-bond acceptors (Lipinski definition) is 9. The van der Waals surface area contributed by atoms with Gasteiger partial charge in [0.2, 0.25) is 17.0 Å². The second kappa shape index (κ2) is 16.3. The third-order valence-electron chi connectivity index (χ3n) is 7.38. The van der Waals surface area contributed by atoms with Gasteiger partial charge in [-0.3, -0.25) is 9.59 Å². The van der Waals surface area contributed by atoms with Crippen molar-refractivity contribution < 1.29 is 24.2 Å². The normalized spacial score (nSPS) is 18.0. The van der Waals surface area contributed by atoms with Crippen LogP contribution in [0.1, 0.15) is 68.1 Å². The molecule has 11 nitrogen and oxygen atoms in total. The number of para-hydroxylation sites is 1. The van der Waals surface area contributed by atoms with Crippen molar-refractivity contribution in [2.24, 2.45) is 0 Å². The molecule has 3 aromatic carbocycles. The minimum Gasteiger partial charge on any atom is -0.392 e. The first kappa shape index (κ1) is 32.3. The van der Waals surface area contributed by atoms with Crippen molar-refractivity contribution in [2.45, 2.75) is 69.3 Å². The number of amides is 2.